The van der Waals surface area contributed by atoms with Crippen molar-refractivity contribution in [1.29, 1.82) is 0 Å². The minimum absolute atomic E-state index is 0.509. The Kier molecular flexibility index (Phi) is 2.68. The van der Waals surface area contributed by atoms with Crippen molar-refractivity contribution in [3.05, 3.63) is 42.1 Å². The summed E-state index contributed by atoms with van der Waals surface area (Å²) in [7, 11) is -0.697. The molecule has 18 heavy (non-hydrogen) atoms. The van der Waals surface area contributed by atoms with Gasteiger partial charge in [-0.15, -0.1) is 0 Å². The molecule has 5 heteroatoms. The van der Waals surface area contributed by atoms with Crippen molar-refractivity contribution in [2.75, 3.05) is 5.73 Å². The Bertz CT molecular complexity index is 572. The molecule has 0 radical (unpaired) electrons. The lowest BCUT2D eigenvalue weighted by molar-refractivity contribution is 0.399. The Balaban J connectivity index is 2.08. The fourth-order valence-electron chi connectivity index (χ4n) is 2.24. The van der Waals surface area contributed by atoms with Crippen LogP contribution in [0, 0.1) is 0 Å². The molecule has 0 atom stereocenters. The van der Waals surface area contributed by atoms with E-state index in [4.69, 9.17) is 10.4 Å². The topological polar surface area (TPSA) is 68.4 Å². The second kappa shape index (κ2) is 4.35. The number of hydrogen-bond donors (Lipinski definition) is 2. The van der Waals surface area contributed by atoms with Crippen LogP contribution >= 0.6 is 0 Å². The van der Waals surface area contributed by atoms with Crippen molar-refractivity contribution < 1.29 is 9.68 Å². The molecule has 4 nitrogen and oxygen atoms in total. The number of pyridine rings is 1. The van der Waals surface area contributed by atoms with E-state index >= 15 is 0 Å². The van der Waals surface area contributed by atoms with Crippen LogP contribution < -0.4 is 10.4 Å². The summed E-state index contributed by atoms with van der Waals surface area (Å²) in [5.41, 5.74) is 8.82. The Morgan fingerprint density at radius 3 is 2.94 bits per heavy atom. The van der Waals surface area contributed by atoms with Crippen molar-refractivity contribution in [1.82, 2.24) is 4.98 Å². The quantitative estimate of drug-likeness (QED) is 0.745. The van der Waals surface area contributed by atoms with Gasteiger partial charge in [0.2, 0.25) is 0 Å². The van der Waals surface area contributed by atoms with E-state index < -0.39 is 7.12 Å². The van der Waals surface area contributed by atoms with E-state index in [1.54, 1.807) is 12.3 Å². The zero-order chi connectivity index (χ0) is 12.5. The van der Waals surface area contributed by atoms with Crippen LogP contribution in [0.3, 0.4) is 0 Å². The SMILES string of the molecule is Nc1ccc(-c2cccc3c2CCB(O)O3)cn1. The zero-order valence-electron chi connectivity index (χ0n) is 9.84. The second-order valence-electron chi connectivity index (χ2n) is 4.37. The predicted molar refractivity (Wildman–Crippen MR) is 71.2 cm³/mol. The number of nitrogens with two attached hydrogens (primary N) is 1. The minimum atomic E-state index is -0.697. The molecule has 0 unspecified atom stereocenters. The first kappa shape index (κ1) is 11.1. The van der Waals surface area contributed by atoms with Gasteiger partial charge in [-0.25, -0.2) is 4.98 Å². The molecule has 1 aromatic heterocycles. The van der Waals surface area contributed by atoms with Gasteiger partial charge in [0.1, 0.15) is 11.6 Å². The number of benzene rings is 1. The third-order valence-electron chi connectivity index (χ3n) is 3.13. The summed E-state index contributed by atoms with van der Waals surface area (Å²) in [6.07, 6.45) is 3.18. The van der Waals surface area contributed by atoms with E-state index in [9.17, 15) is 5.02 Å². The van der Waals surface area contributed by atoms with E-state index in [2.05, 4.69) is 4.98 Å². The maximum atomic E-state index is 9.50. The molecule has 0 aliphatic carbocycles. The molecule has 3 N–H and O–H groups in total. The second-order valence-corrected chi connectivity index (χ2v) is 4.37. The number of hydrogen-bond acceptors (Lipinski definition) is 4. The Morgan fingerprint density at radius 2 is 2.17 bits per heavy atom. The van der Waals surface area contributed by atoms with Crippen LogP contribution in [-0.2, 0) is 6.42 Å². The number of fused-ring (bicyclic) bond motifs is 1. The van der Waals surface area contributed by atoms with E-state index in [0.717, 1.165) is 28.9 Å². The lowest BCUT2D eigenvalue weighted by Gasteiger charge is -2.22. The lowest BCUT2D eigenvalue weighted by Crippen LogP contribution is -2.26. The lowest BCUT2D eigenvalue weighted by atomic mass is 9.77. The summed E-state index contributed by atoms with van der Waals surface area (Å²) < 4.78 is 5.43. The average molecular weight is 240 g/mol. The van der Waals surface area contributed by atoms with E-state index in [1.807, 2.05) is 24.3 Å². The van der Waals surface area contributed by atoms with Crippen molar-refractivity contribution in [3.8, 4) is 16.9 Å². The molecule has 1 aliphatic rings. The van der Waals surface area contributed by atoms with Crippen molar-refractivity contribution >= 4 is 12.9 Å². The van der Waals surface area contributed by atoms with Crippen LogP contribution in [0.2, 0.25) is 6.32 Å². The van der Waals surface area contributed by atoms with Gasteiger partial charge in [-0.2, -0.15) is 0 Å². The molecule has 1 aromatic carbocycles. The number of nitrogens with zero attached hydrogens (tertiary/aromatic N) is 1. The number of anilines is 1. The Hall–Kier alpha value is -2.01. The van der Waals surface area contributed by atoms with Crippen LogP contribution in [0.4, 0.5) is 5.82 Å². The van der Waals surface area contributed by atoms with Crippen molar-refractivity contribution in [2.24, 2.45) is 0 Å². The Morgan fingerprint density at radius 1 is 1.28 bits per heavy atom. The first-order chi connectivity index (χ1) is 8.74. The molecule has 0 amide bonds. The molecule has 0 saturated heterocycles. The number of aromatic nitrogens is 1. The molecule has 90 valence electrons. The molecule has 0 bridgehead atoms. The van der Waals surface area contributed by atoms with Gasteiger partial charge in [0.05, 0.1) is 0 Å². The molecule has 0 saturated carbocycles. The van der Waals surface area contributed by atoms with E-state index in [-0.39, 0.29) is 0 Å². The normalized spacial score (nSPS) is 13.9. The van der Waals surface area contributed by atoms with Crippen LogP contribution in [0.25, 0.3) is 11.1 Å². The van der Waals surface area contributed by atoms with Crippen LogP contribution in [0.5, 0.6) is 5.75 Å². The largest absolute Gasteiger partial charge is 0.536 e. The first-order valence-electron chi connectivity index (χ1n) is 5.92. The van der Waals surface area contributed by atoms with Gasteiger partial charge < -0.3 is 15.4 Å². The first-order valence-corrected chi connectivity index (χ1v) is 5.92. The molecule has 1 aliphatic heterocycles. The van der Waals surface area contributed by atoms with Crippen LogP contribution in [-0.4, -0.2) is 17.1 Å². The summed E-state index contributed by atoms with van der Waals surface area (Å²) in [6, 6.07) is 9.57. The number of rotatable bonds is 1. The van der Waals surface area contributed by atoms with E-state index in [0.29, 0.717) is 12.1 Å². The number of nitrogen functional groups attached to an aromatic ring is 1. The van der Waals surface area contributed by atoms with Gasteiger partial charge in [0, 0.05) is 11.8 Å². The molecule has 2 aromatic rings. The summed E-state index contributed by atoms with van der Waals surface area (Å²) in [5.74, 6) is 1.26. The summed E-state index contributed by atoms with van der Waals surface area (Å²) in [4.78, 5) is 4.11. The maximum Gasteiger partial charge on any atom is 0.522 e. The summed E-state index contributed by atoms with van der Waals surface area (Å²) in [5, 5.41) is 9.50. The highest BCUT2D eigenvalue weighted by molar-refractivity contribution is 6.44. The summed E-state index contributed by atoms with van der Waals surface area (Å²) in [6.45, 7) is 0. The van der Waals surface area contributed by atoms with Crippen molar-refractivity contribution in [2.45, 2.75) is 12.7 Å². The summed E-state index contributed by atoms with van der Waals surface area (Å²) >= 11 is 0. The molecular formula is C13H13BN2O2. The average Bonchev–Trinajstić information content (AvgIpc) is 2.38. The fraction of sp³-hybridized carbons (Fsp3) is 0.154. The molecule has 0 spiro atoms. The maximum absolute atomic E-state index is 9.50. The molecule has 3 rings (SSSR count). The highest BCUT2D eigenvalue weighted by Crippen LogP contribution is 2.34. The predicted octanol–water partition coefficient (Wildman–Crippen LogP) is 1.75. The molecule has 0 fully saturated rings. The van der Waals surface area contributed by atoms with Gasteiger partial charge in [-0.1, -0.05) is 12.1 Å². The highest BCUT2D eigenvalue weighted by atomic mass is 16.5. The van der Waals surface area contributed by atoms with E-state index in [1.165, 1.54) is 0 Å². The van der Waals surface area contributed by atoms with Crippen LogP contribution in [0.1, 0.15) is 5.56 Å². The molecule has 2 heterocycles. The van der Waals surface area contributed by atoms with Crippen LogP contribution in [0.15, 0.2) is 36.5 Å². The van der Waals surface area contributed by atoms with Gasteiger partial charge in [-0.3, -0.25) is 0 Å². The van der Waals surface area contributed by atoms with Gasteiger partial charge in [-0.05, 0) is 42.1 Å². The van der Waals surface area contributed by atoms with Gasteiger partial charge >= 0.3 is 7.12 Å². The molecular weight excluding hydrogens is 227 g/mol. The van der Waals surface area contributed by atoms with Gasteiger partial charge in [0.15, 0.2) is 0 Å². The van der Waals surface area contributed by atoms with Gasteiger partial charge in [0.25, 0.3) is 0 Å². The third kappa shape index (κ3) is 1.93. The highest BCUT2D eigenvalue weighted by Gasteiger charge is 2.25. The fourth-order valence-corrected chi connectivity index (χ4v) is 2.24. The zero-order valence-corrected chi connectivity index (χ0v) is 9.84. The smallest absolute Gasteiger partial charge is 0.522 e. The van der Waals surface area contributed by atoms with Crippen molar-refractivity contribution in [3.63, 3.8) is 0 Å². The standard InChI is InChI=1S/C13H13BN2O2/c15-13-5-4-9(8-16-13)10-2-1-3-12-11(10)6-7-14(17)18-12/h1-5,8,17H,6-7H2,(H2,15,16). The monoisotopic (exact) mass is 240 g/mol. The third-order valence-corrected chi connectivity index (χ3v) is 3.13. The Labute approximate surface area is 106 Å². The minimum Gasteiger partial charge on any atom is -0.536 e.